The Labute approximate surface area is 164 Å². The lowest BCUT2D eigenvalue weighted by Crippen LogP contribution is -2.39. The maximum atomic E-state index is 13.1. The van der Waals surface area contributed by atoms with Crippen LogP contribution in [-0.4, -0.2) is 35.7 Å². The lowest BCUT2D eigenvalue weighted by Gasteiger charge is -2.31. The van der Waals surface area contributed by atoms with Crippen molar-refractivity contribution in [2.75, 3.05) is 19.7 Å². The number of benzene rings is 1. The van der Waals surface area contributed by atoms with E-state index in [4.69, 9.17) is 9.47 Å². The average Bonchev–Trinajstić information content (AvgIpc) is 3.16. The minimum absolute atomic E-state index is 0.261. The van der Waals surface area contributed by atoms with E-state index in [1.54, 1.807) is 22.7 Å². The SMILES string of the molecule is O=C(OCc1cncs1)N1CCC(CCOc2ccc(F)cc2Br)CC1. The van der Waals surface area contributed by atoms with Gasteiger partial charge in [-0.2, -0.15) is 0 Å². The summed E-state index contributed by atoms with van der Waals surface area (Å²) in [5.41, 5.74) is 1.72. The van der Waals surface area contributed by atoms with Gasteiger partial charge in [-0.15, -0.1) is 11.3 Å². The quantitative estimate of drug-likeness (QED) is 0.640. The first-order valence-electron chi connectivity index (χ1n) is 8.48. The number of amides is 1. The second-order valence-corrected chi connectivity index (χ2v) is 7.99. The number of nitrogens with zero attached hydrogens (tertiary/aromatic N) is 2. The second-order valence-electron chi connectivity index (χ2n) is 6.16. The molecule has 1 saturated heterocycles. The number of thiazole rings is 1. The molecule has 2 aromatic rings. The van der Waals surface area contributed by atoms with Gasteiger partial charge >= 0.3 is 6.09 Å². The Morgan fingerprint density at radius 3 is 2.88 bits per heavy atom. The highest BCUT2D eigenvalue weighted by molar-refractivity contribution is 9.10. The topological polar surface area (TPSA) is 51.7 Å². The summed E-state index contributed by atoms with van der Waals surface area (Å²) in [4.78, 5) is 18.8. The van der Waals surface area contributed by atoms with Gasteiger partial charge in [0.15, 0.2) is 0 Å². The lowest BCUT2D eigenvalue weighted by atomic mass is 9.94. The lowest BCUT2D eigenvalue weighted by molar-refractivity contribution is 0.0806. The zero-order valence-electron chi connectivity index (χ0n) is 14.2. The molecule has 1 aromatic carbocycles. The number of rotatable bonds is 6. The molecule has 0 radical (unpaired) electrons. The van der Waals surface area contributed by atoms with Crippen LogP contribution in [0.3, 0.4) is 0 Å². The molecule has 140 valence electrons. The van der Waals surface area contributed by atoms with E-state index in [1.165, 1.54) is 23.5 Å². The van der Waals surface area contributed by atoms with Crippen molar-refractivity contribution in [1.82, 2.24) is 9.88 Å². The van der Waals surface area contributed by atoms with Crippen LogP contribution in [0.15, 0.2) is 34.4 Å². The van der Waals surface area contributed by atoms with Crippen LogP contribution in [0.25, 0.3) is 0 Å². The van der Waals surface area contributed by atoms with Crippen molar-refractivity contribution < 1.29 is 18.7 Å². The van der Waals surface area contributed by atoms with Crippen LogP contribution in [0.1, 0.15) is 24.1 Å². The largest absolute Gasteiger partial charge is 0.492 e. The van der Waals surface area contributed by atoms with Crippen LogP contribution in [0.4, 0.5) is 9.18 Å². The molecular weight excluding hydrogens is 423 g/mol. The van der Waals surface area contributed by atoms with Gasteiger partial charge in [-0.3, -0.25) is 4.98 Å². The summed E-state index contributed by atoms with van der Waals surface area (Å²) in [6.07, 6.45) is 4.23. The fourth-order valence-electron chi connectivity index (χ4n) is 2.87. The van der Waals surface area contributed by atoms with Gasteiger partial charge in [-0.25, -0.2) is 9.18 Å². The van der Waals surface area contributed by atoms with Gasteiger partial charge < -0.3 is 14.4 Å². The molecule has 1 amide bonds. The molecule has 5 nitrogen and oxygen atoms in total. The van der Waals surface area contributed by atoms with Crippen molar-refractivity contribution in [3.63, 3.8) is 0 Å². The first-order chi connectivity index (χ1) is 12.6. The molecule has 8 heteroatoms. The fourth-order valence-corrected chi connectivity index (χ4v) is 3.84. The van der Waals surface area contributed by atoms with Crippen LogP contribution in [-0.2, 0) is 11.3 Å². The number of ether oxygens (including phenoxy) is 2. The van der Waals surface area contributed by atoms with Gasteiger partial charge in [0.25, 0.3) is 0 Å². The molecule has 0 aliphatic carbocycles. The molecule has 0 saturated carbocycles. The van der Waals surface area contributed by atoms with E-state index in [0.717, 1.165) is 24.1 Å². The Hall–Kier alpha value is -1.67. The molecule has 0 N–H and O–H groups in total. The molecule has 1 aliphatic heterocycles. The van der Waals surface area contributed by atoms with Crippen LogP contribution in [0, 0.1) is 11.7 Å². The Kier molecular flexibility index (Phi) is 6.85. The van der Waals surface area contributed by atoms with E-state index < -0.39 is 0 Å². The molecule has 1 aromatic heterocycles. The third-order valence-electron chi connectivity index (χ3n) is 4.37. The van der Waals surface area contributed by atoms with Crippen molar-refractivity contribution in [2.45, 2.75) is 25.9 Å². The van der Waals surface area contributed by atoms with Crippen LogP contribution < -0.4 is 4.74 Å². The Morgan fingerprint density at radius 1 is 1.38 bits per heavy atom. The molecule has 26 heavy (non-hydrogen) atoms. The molecule has 1 fully saturated rings. The predicted molar refractivity (Wildman–Crippen MR) is 101 cm³/mol. The summed E-state index contributed by atoms with van der Waals surface area (Å²) in [6.45, 7) is 2.26. The zero-order chi connectivity index (χ0) is 18.4. The number of halogens is 2. The van der Waals surface area contributed by atoms with Gasteiger partial charge in [0, 0.05) is 19.3 Å². The smallest absolute Gasteiger partial charge is 0.410 e. The molecule has 3 rings (SSSR count). The first-order valence-corrected chi connectivity index (χ1v) is 10.2. The number of carbonyl (C=O) groups is 1. The predicted octanol–water partition coefficient (Wildman–Crippen LogP) is 4.86. The minimum Gasteiger partial charge on any atom is -0.492 e. The first kappa shape index (κ1) is 19.1. The highest BCUT2D eigenvalue weighted by atomic mass is 79.9. The van der Waals surface area contributed by atoms with Crippen LogP contribution in [0.2, 0.25) is 0 Å². The van der Waals surface area contributed by atoms with Gasteiger partial charge in [-0.05, 0) is 59.3 Å². The van der Waals surface area contributed by atoms with Crippen molar-refractivity contribution in [1.29, 1.82) is 0 Å². The molecule has 0 atom stereocenters. The second kappa shape index (κ2) is 9.32. The van der Waals surface area contributed by atoms with Gasteiger partial charge in [0.05, 0.1) is 21.5 Å². The van der Waals surface area contributed by atoms with E-state index >= 15 is 0 Å². The maximum Gasteiger partial charge on any atom is 0.410 e. The molecule has 0 bridgehead atoms. The van der Waals surface area contributed by atoms with E-state index in [0.29, 0.717) is 35.8 Å². The number of piperidine rings is 1. The summed E-state index contributed by atoms with van der Waals surface area (Å²) >= 11 is 4.78. The normalized spacial score (nSPS) is 15.1. The average molecular weight is 443 g/mol. The fraction of sp³-hybridized carbons (Fsp3) is 0.444. The summed E-state index contributed by atoms with van der Waals surface area (Å²) in [5.74, 6) is 0.870. The third kappa shape index (κ3) is 5.41. The maximum absolute atomic E-state index is 13.1. The highest BCUT2D eigenvalue weighted by Crippen LogP contribution is 2.27. The van der Waals surface area contributed by atoms with Crippen LogP contribution >= 0.6 is 27.3 Å². The molecular formula is C18H20BrFN2O3S. The molecule has 0 spiro atoms. The van der Waals surface area contributed by atoms with Gasteiger partial charge in [0.1, 0.15) is 18.2 Å². The number of hydrogen-bond donors (Lipinski definition) is 0. The Morgan fingerprint density at radius 2 is 2.19 bits per heavy atom. The van der Waals surface area contributed by atoms with E-state index in [-0.39, 0.29) is 18.5 Å². The van der Waals surface area contributed by atoms with Crippen molar-refractivity contribution in [3.8, 4) is 5.75 Å². The summed E-state index contributed by atoms with van der Waals surface area (Å²) in [7, 11) is 0. The summed E-state index contributed by atoms with van der Waals surface area (Å²) < 4.78 is 24.7. The monoisotopic (exact) mass is 442 g/mol. The summed E-state index contributed by atoms with van der Waals surface area (Å²) in [5, 5.41) is 0. The van der Waals surface area contributed by atoms with Crippen LogP contribution in [0.5, 0.6) is 5.75 Å². The minimum atomic E-state index is -0.293. The Bertz CT molecular complexity index is 721. The molecule has 0 unspecified atom stereocenters. The zero-order valence-corrected chi connectivity index (χ0v) is 16.6. The number of carbonyl (C=O) groups excluding carboxylic acids is 1. The number of likely N-dealkylation sites (tertiary alicyclic amines) is 1. The highest BCUT2D eigenvalue weighted by Gasteiger charge is 2.23. The van der Waals surface area contributed by atoms with Crippen molar-refractivity contribution in [3.05, 3.63) is 45.1 Å². The molecule has 2 heterocycles. The van der Waals surface area contributed by atoms with Gasteiger partial charge in [0.2, 0.25) is 0 Å². The Balaban J connectivity index is 1.35. The van der Waals surface area contributed by atoms with Crippen molar-refractivity contribution in [2.24, 2.45) is 5.92 Å². The van der Waals surface area contributed by atoms with E-state index in [1.807, 2.05) is 0 Å². The number of hydrogen-bond acceptors (Lipinski definition) is 5. The molecule has 1 aliphatic rings. The van der Waals surface area contributed by atoms with Crippen molar-refractivity contribution >= 4 is 33.4 Å². The third-order valence-corrected chi connectivity index (χ3v) is 5.74. The number of aromatic nitrogens is 1. The van der Waals surface area contributed by atoms with E-state index in [9.17, 15) is 9.18 Å². The van der Waals surface area contributed by atoms with Gasteiger partial charge in [-0.1, -0.05) is 0 Å². The summed E-state index contributed by atoms with van der Waals surface area (Å²) in [6, 6.07) is 4.41. The van der Waals surface area contributed by atoms with E-state index in [2.05, 4.69) is 20.9 Å². The standard InChI is InChI=1S/C18H20BrFN2O3S/c19-16-9-14(20)1-2-17(16)24-8-5-13-3-6-22(7-4-13)18(23)25-11-15-10-21-12-26-15/h1-2,9-10,12-13H,3-8,11H2.